The summed E-state index contributed by atoms with van der Waals surface area (Å²) in [5.74, 6) is 0.554. The molecule has 0 saturated heterocycles. The van der Waals surface area contributed by atoms with Crippen LogP contribution in [0.5, 0.6) is 5.75 Å². The Morgan fingerprint density at radius 1 is 1.11 bits per heavy atom. The Labute approximate surface area is 155 Å². The molecule has 27 heavy (non-hydrogen) atoms. The van der Waals surface area contributed by atoms with E-state index in [9.17, 15) is 4.79 Å². The summed E-state index contributed by atoms with van der Waals surface area (Å²) in [6.45, 7) is 1.93. The van der Waals surface area contributed by atoms with Crippen LogP contribution in [0.2, 0.25) is 0 Å². The van der Waals surface area contributed by atoms with Gasteiger partial charge < -0.3 is 10.1 Å². The zero-order valence-electron chi connectivity index (χ0n) is 14.9. The average Bonchev–Trinajstić information content (AvgIpc) is 3.12. The number of aromatic nitrogens is 4. The van der Waals surface area contributed by atoms with Crippen molar-refractivity contribution >= 4 is 22.8 Å². The number of fused-ring (bicyclic) bond motifs is 1. The molecule has 0 unspecified atom stereocenters. The van der Waals surface area contributed by atoms with Gasteiger partial charge in [-0.1, -0.05) is 5.21 Å². The summed E-state index contributed by atoms with van der Waals surface area (Å²) in [5.41, 5.74) is 4.39. The molecule has 0 spiro atoms. The summed E-state index contributed by atoms with van der Waals surface area (Å²) in [7, 11) is 1.60. The third-order valence-electron chi connectivity index (χ3n) is 4.24. The van der Waals surface area contributed by atoms with Crippen LogP contribution in [0.4, 0.5) is 5.69 Å². The lowest BCUT2D eigenvalue weighted by molar-refractivity contribution is 0.102. The van der Waals surface area contributed by atoms with E-state index in [-0.39, 0.29) is 5.91 Å². The molecule has 1 amide bonds. The van der Waals surface area contributed by atoms with Crippen molar-refractivity contribution in [2.75, 3.05) is 12.4 Å². The summed E-state index contributed by atoms with van der Waals surface area (Å²) in [4.78, 5) is 16.9. The number of aryl methyl sites for hydroxylation is 1. The van der Waals surface area contributed by atoms with E-state index < -0.39 is 0 Å². The van der Waals surface area contributed by atoms with Gasteiger partial charge in [-0.25, -0.2) is 4.98 Å². The number of nitrogens with zero attached hydrogens (tertiary/aromatic N) is 4. The van der Waals surface area contributed by atoms with Gasteiger partial charge in [-0.3, -0.25) is 4.79 Å². The molecular weight excluding hydrogens is 342 g/mol. The maximum absolute atomic E-state index is 12.5. The number of carbonyl (C=O) groups is 1. The van der Waals surface area contributed by atoms with E-state index in [1.54, 1.807) is 48.3 Å². The highest BCUT2D eigenvalue weighted by atomic mass is 16.5. The molecule has 134 valence electrons. The SMILES string of the molecule is COc1ccc(NC(=O)c2ccc(-n3nnc4cccnc43)c(C)c2)cc1. The standard InChI is InChI=1S/C20H17N5O2/c1-13-12-14(20(26)22-15-6-8-16(27-2)9-7-15)5-10-18(13)25-19-17(23-24-25)4-3-11-21-19/h3-12H,1-2H3,(H,22,26). The normalized spacial score (nSPS) is 10.7. The molecule has 0 aliphatic heterocycles. The molecular formula is C20H17N5O2. The molecule has 2 heterocycles. The molecule has 0 fully saturated rings. The fourth-order valence-electron chi connectivity index (χ4n) is 2.84. The van der Waals surface area contributed by atoms with Crippen LogP contribution in [0.1, 0.15) is 15.9 Å². The van der Waals surface area contributed by atoms with E-state index >= 15 is 0 Å². The molecule has 0 bridgehead atoms. The molecule has 0 saturated carbocycles. The number of methoxy groups -OCH3 is 1. The lowest BCUT2D eigenvalue weighted by Crippen LogP contribution is -2.12. The van der Waals surface area contributed by atoms with Gasteiger partial charge >= 0.3 is 0 Å². The van der Waals surface area contributed by atoms with E-state index in [4.69, 9.17) is 4.74 Å². The zero-order chi connectivity index (χ0) is 18.8. The minimum absolute atomic E-state index is 0.184. The Bertz CT molecular complexity index is 1120. The highest BCUT2D eigenvalue weighted by Gasteiger charge is 2.13. The number of benzene rings is 2. The minimum Gasteiger partial charge on any atom is -0.497 e. The molecule has 2 aromatic carbocycles. The van der Waals surface area contributed by atoms with Crippen LogP contribution >= 0.6 is 0 Å². The predicted octanol–water partition coefficient (Wildman–Crippen LogP) is 3.38. The van der Waals surface area contributed by atoms with Gasteiger partial charge in [0.15, 0.2) is 5.65 Å². The van der Waals surface area contributed by atoms with E-state index in [0.717, 1.165) is 22.5 Å². The number of nitrogens with one attached hydrogen (secondary N) is 1. The summed E-state index contributed by atoms with van der Waals surface area (Å²) in [6, 6.07) is 16.3. The number of amides is 1. The lowest BCUT2D eigenvalue weighted by Gasteiger charge is -2.10. The first-order valence-corrected chi connectivity index (χ1v) is 8.38. The van der Waals surface area contributed by atoms with Crippen LogP contribution in [0, 0.1) is 6.92 Å². The molecule has 4 rings (SSSR count). The fraction of sp³-hybridized carbons (Fsp3) is 0.100. The molecule has 0 aliphatic carbocycles. The molecule has 0 aliphatic rings. The quantitative estimate of drug-likeness (QED) is 0.604. The van der Waals surface area contributed by atoms with Crippen molar-refractivity contribution in [1.82, 2.24) is 20.0 Å². The maximum atomic E-state index is 12.5. The summed E-state index contributed by atoms with van der Waals surface area (Å²) in [6.07, 6.45) is 1.70. The van der Waals surface area contributed by atoms with E-state index in [0.29, 0.717) is 16.9 Å². The lowest BCUT2D eigenvalue weighted by atomic mass is 10.1. The van der Waals surface area contributed by atoms with Crippen LogP contribution in [0.25, 0.3) is 16.9 Å². The van der Waals surface area contributed by atoms with Crippen molar-refractivity contribution in [3.05, 3.63) is 71.9 Å². The largest absolute Gasteiger partial charge is 0.497 e. The number of hydrogen-bond donors (Lipinski definition) is 1. The van der Waals surface area contributed by atoms with E-state index in [1.165, 1.54) is 0 Å². The molecule has 0 radical (unpaired) electrons. The number of rotatable bonds is 4. The Morgan fingerprint density at radius 2 is 1.93 bits per heavy atom. The number of hydrogen-bond acceptors (Lipinski definition) is 5. The molecule has 7 heteroatoms. The third kappa shape index (κ3) is 3.22. The fourth-order valence-corrected chi connectivity index (χ4v) is 2.84. The Balaban J connectivity index is 1.60. The first-order valence-electron chi connectivity index (χ1n) is 8.38. The molecule has 0 atom stereocenters. The number of carbonyl (C=O) groups excluding carboxylic acids is 1. The second-order valence-corrected chi connectivity index (χ2v) is 6.03. The van der Waals surface area contributed by atoms with Crippen molar-refractivity contribution < 1.29 is 9.53 Å². The topological polar surface area (TPSA) is 81.9 Å². The first kappa shape index (κ1) is 16.7. The van der Waals surface area contributed by atoms with Gasteiger partial charge in [0.1, 0.15) is 11.3 Å². The van der Waals surface area contributed by atoms with Gasteiger partial charge in [0.05, 0.1) is 12.8 Å². The van der Waals surface area contributed by atoms with Crippen molar-refractivity contribution in [3.8, 4) is 11.4 Å². The first-order chi connectivity index (χ1) is 13.2. The van der Waals surface area contributed by atoms with Gasteiger partial charge in [-0.15, -0.1) is 5.10 Å². The Hall–Kier alpha value is -3.74. The minimum atomic E-state index is -0.184. The maximum Gasteiger partial charge on any atom is 0.255 e. The van der Waals surface area contributed by atoms with Gasteiger partial charge in [0.25, 0.3) is 5.91 Å². The molecule has 4 aromatic rings. The monoisotopic (exact) mass is 359 g/mol. The Kier molecular flexibility index (Phi) is 4.25. The van der Waals surface area contributed by atoms with Crippen molar-refractivity contribution in [3.63, 3.8) is 0 Å². The zero-order valence-corrected chi connectivity index (χ0v) is 14.9. The average molecular weight is 359 g/mol. The highest BCUT2D eigenvalue weighted by molar-refractivity contribution is 6.04. The summed E-state index contributed by atoms with van der Waals surface area (Å²) >= 11 is 0. The van der Waals surface area contributed by atoms with Crippen LogP contribution in [0.3, 0.4) is 0 Å². The molecule has 1 N–H and O–H groups in total. The van der Waals surface area contributed by atoms with Crippen LogP contribution in [0.15, 0.2) is 60.8 Å². The van der Waals surface area contributed by atoms with Crippen molar-refractivity contribution in [2.24, 2.45) is 0 Å². The van der Waals surface area contributed by atoms with Gasteiger partial charge in [0, 0.05) is 17.4 Å². The van der Waals surface area contributed by atoms with Crippen LogP contribution < -0.4 is 10.1 Å². The molecule has 2 aromatic heterocycles. The number of anilines is 1. The van der Waals surface area contributed by atoms with Crippen molar-refractivity contribution in [2.45, 2.75) is 6.92 Å². The van der Waals surface area contributed by atoms with E-state index in [1.807, 2.05) is 31.2 Å². The third-order valence-corrected chi connectivity index (χ3v) is 4.24. The second kappa shape index (κ2) is 6.87. The van der Waals surface area contributed by atoms with Crippen LogP contribution in [-0.2, 0) is 0 Å². The van der Waals surface area contributed by atoms with Gasteiger partial charge in [-0.2, -0.15) is 4.68 Å². The van der Waals surface area contributed by atoms with Gasteiger partial charge in [-0.05, 0) is 67.1 Å². The number of pyridine rings is 1. The smallest absolute Gasteiger partial charge is 0.255 e. The predicted molar refractivity (Wildman–Crippen MR) is 102 cm³/mol. The van der Waals surface area contributed by atoms with E-state index in [2.05, 4.69) is 20.6 Å². The summed E-state index contributed by atoms with van der Waals surface area (Å²) < 4.78 is 6.80. The highest BCUT2D eigenvalue weighted by Crippen LogP contribution is 2.20. The second-order valence-electron chi connectivity index (χ2n) is 6.03. The van der Waals surface area contributed by atoms with Crippen LogP contribution in [-0.4, -0.2) is 33.0 Å². The summed E-state index contributed by atoms with van der Waals surface area (Å²) in [5, 5.41) is 11.2. The van der Waals surface area contributed by atoms with Gasteiger partial charge in [0.2, 0.25) is 0 Å². The Morgan fingerprint density at radius 3 is 2.67 bits per heavy atom. The number of ether oxygens (including phenoxy) is 1. The molecule has 7 nitrogen and oxygen atoms in total. The van der Waals surface area contributed by atoms with Crippen molar-refractivity contribution in [1.29, 1.82) is 0 Å².